The van der Waals surface area contributed by atoms with Crippen LogP contribution in [-0.2, 0) is 14.3 Å². The number of nitrogens with one attached hydrogen (secondary N) is 1. The number of benzene rings is 2. The predicted molar refractivity (Wildman–Crippen MR) is 103 cm³/mol. The van der Waals surface area contributed by atoms with Crippen molar-refractivity contribution in [2.45, 2.75) is 25.6 Å². The number of carbonyl (C=O) groups excluding carboxylic acids is 1. The van der Waals surface area contributed by atoms with E-state index in [2.05, 4.69) is 5.32 Å². The fourth-order valence-corrected chi connectivity index (χ4v) is 3.37. The maximum Gasteiger partial charge on any atom is 0.306 e. The molecule has 3 rings (SSSR count). The molecule has 1 aliphatic rings. The van der Waals surface area contributed by atoms with Gasteiger partial charge in [-0.25, -0.2) is 0 Å². The average Bonchev–Trinajstić information content (AvgIpc) is 2.78. The van der Waals surface area contributed by atoms with Gasteiger partial charge in [0.05, 0.1) is 20.6 Å². The molecule has 7 nitrogen and oxygen atoms in total. The first kappa shape index (κ1) is 20.0. The number of carboxylic acid groups (broad SMARTS) is 1. The van der Waals surface area contributed by atoms with Crippen LogP contribution >= 0.6 is 11.6 Å². The largest absolute Gasteiger partial charge is 0.493 e. The van der Waals surface area contributed by atoms with Gasteiger partial charge in [0.25, 0.3) is 5.91 Å². The minimum absolute atomic E-state index is 0.432. The number of aliphatic carboxylic acids is 1. The Balaban J connectivity index is 2.21. The Hall–Kier alpha value is -2.77. The van der Waals surface area contributed by atoms with Gasteiger partial charge in [0, 0.05) is 21.8 Å². The number of amides is 1. The quantitative estimate of drug-likeness (QED) is 0.789. The highest BCUT2D eigenvalue weighted by Gasteiger charge is 2.35. The van der Waals surface area contributed by atoms with Crippen molar-refractivity contribution in [3.05, 3.63) is 52.0 Å². The minimum Gasteiger partial charge on any atom is -0.493 e. The Morgan fingerprint density at radius 3 is 2.64 bits per heavy atom. The fraction of sp³-hybridized carbons (Fsp3) is 0.300. The van der Waals surface area contributed by atoms with Gasteiger partial charge in [0.2, 0.25) is 0 Å². The van der Waals surface area contributed by atoms with Gasteiger partial charge < -0.3 is 24.6 Å². The summed E-state index contributed by atoms with van der Waals surface area (Å²) < 4.78 is 16.9. The molecule has 2 N–H and O–H groups in total. The number of carbonyl (C=O) groups is 2. The van der Waals surface area contributed by atoms with Crippen LogP contribution in [0.15, 0.2) is 30.3 Å². The number of fused-ring (bicyclic) bond motifs is 1. The smallest absolute Gasteiger partial charge is 0.306 e. The van der Waals surface area contributed by atoms with Gasteiger partial charge in [-0.1, -0.05) is 23.7 Å². The molecule has 1 amide bonds. The summed E-state index contributed by atoms with van der Waals surface area (Å²) in [6, 6.07) is 8.72. The Bertz CT molecular complexity index is 929. The van der Waals surface area contributed by atoms with Crippen molar-refractivity contribution < 1.29 is 28.9 Å². The van der Waals surface area contributed by atoms with E-state index in [0.717, 1.165) is 5.56 Å². The molecule has 1 heterocycles. The van der Waals surface area contributed by atoms with E-state index in [1.54, 1.807) is 30.3 Å². The third kappa shape index (κ3) is 3.76. The van der Waals surface area contributed by atoms with E-state index in [1.807, 2.05) is 6.92 Å². The molecule has 2 atom stereocenters. The number of rotatable bonds is 5. The molecule has 0 fully saturated rings. The maximum atomic E-state index is 12.6. The Kier molecular flexibility index (Phi) is 5.76. The first-order valence-corrected chi connectivity index (χ1v) is 8.92. The SMILES string of the molecule is COc1cccc([C@H]2O[C@H](CC(=O)O)C(=O)Nc3cc(C)c(Cl)cc32)c1OC. The molecule has 1 aliphatic heterocycles. The summed E-state index contributed by atoms with van der Waals surface area (Å²) in [6.07, 6.45) is -2.46. The van der Waals surface area contributed by atoms with Crippen LogP contribution in [0, 0.1) is 6.92 Å². The third-order valence-electron chi connectivity index (χ3n) is 4.54. The topological polar surface area (TPSA) is 94.1 Å². The fourth-order valence-electron chi connectivity index (χ4n) is 3.19. The molecule has 0 saturated carbocycles. The number of para-hydroxylation sites is 1. The van der Waals surface area contributed by atoms with Gasteiger partial charge in [-0.2, -0.15) is 0 Å². The summed E-state index contributed by atoms with van der Waals surface area (Å²) >= 11 is 6.32. The summed E-state index contributed by atoms with van der Waals surface area (Å²) in [6.45, 7) is 1.82. The van der Waals surface area contributed by atoms with E-state index < -0.39 is 30.5 Å². The highest BCUT2D eigenvalue weighted by atomic mass is 35.5. The average molecular weight is 406 g/mol. The van der Waals surface area contributed by atoms with Gasteiger partial charge in [-0.3, -0.25) is 9.59 Å². The third-order valence-corrected chi connectivity index (χ3v) is 4.95. The van der Waals surface area contributed by atoms with E-state index in [1.165, 1.54) is 14.2 Å². The zero-order valence-electron chi connectivity index (χ0n) is 15.6. The van der Waals surface area contributed by atoms with Gasteiger partial charge >= 0.3 is 5.97 Å². The lowest BCUT2D eigenvalue weighted by molar-refractivity contribution is -0.146. The van der Waals surface area contributed by atoms with Crippen LogP contribution in [-0.4, -0.2) is 37.3 Å². The van der Waals surface area contributed by atoms with Crippen LogP contribution in [0.1, 0.15) is 29.2 Å². The lowest BCUT2D eigenvalue weighted by atomic mass is 9.97. The summed E-state index contributed by atoms with van der Waals surface area (Å²) in [5.74, 6) is -0.755. The number of aryl methyl sites for hydroxylation is 1. The van der Waals surface area contributed by atoms with Crippen molar-refractivity contribution in [2.75, 3.05) is 19.5 Å². The van der Waals surface area contributed by atoms with Crippen LogP contribution in [0.3, 0.4) is 0 Å². The van der Waals surface area contributed by atoms with Crippen molar-refractivity contribution in [3.63, 3.8) is 0 Å². The monoisotopic (exact) mass is 405 g/mol. The molecule has 2 aromatic rings. The van der Waals surface area contributed by atoms with Crippen LogP contribution < -0.4 is 14.8 Å². The minimum atomic E-state index is -1.19. The van der Waals surface area contributed by atoms with Crippen molar-refractivity contribution in [2.24, 2.45) is 0 Å². The normalized spacial score (nSPS) is 18.6. The molecule has 0 saturated heterocycles. The van der Waals surface area contributed by atoms with Crippen LogP contribution in [0.25, 0.3) is 0 Å². The van der Waals surface area contributed by atoms with Gasteiger partial charge in [0.1, 0.15) is 12.2 Å². The van der Waals surface area contributed by atoms with Crippen LogP contribution in [0.4, 0.5) is 5.69 Å². The molecule has 0 unspecified atom stereocenters. The Labute approximate surface area is 167 Å². The summed E-state index contributed by atoms with van der Waals surface area (Å²) in [5.41, 5.74) is 2.47. The number of ether oxygens (including phenoxy) is 3. The van der Waals surface area contributed by atoms with Gasteiger partial charge in [0.15, 0.2) is 11.5 Å². The molecular formula is C20H20ClNO6. The number of halogens is 1. The number of hydrogen-bond donors (Lipinski definition) is 2. The summed E-state index contributed by atoms with van der Waals surface area (Å²) in [7, 11) is 3.02. The zero-order valence-corrected chi connectivity index (χ0v) is 16.4. The van der Waals surface area contributed by atoms with Crippen LogP contribution in [0.2, 0.25) is 5.02 Å². The van der Waals surface area contributed by atoms with E-state index in [4.69, 9.17) is 25.8 Å². The molecule has 28 heavy (non-hydrogen) atoms. The highest BCUT2D eigenvalue weighted by molar-refractivity contribution is 6.31. The van der Waals surface area contributed by atoms with E-state index in [-0.39, 0.29) is 0 Å². The second kappa shape index (κ2) is 8.08. The van der Waals surface area contributed by atoms with Gasteiger partial charge in [-0.15, -0.1) is 0 Å². The van der Waals surface area contributed by atoms with E-state index >= 15 is 0 Å². The Morgan fingerprint density at radius 1 is 1.25 bits per heavy atom. The summed E-state index contributed by atoms with van der Waals surface area (Å²) in [4.78, 5) is 23.8. The standard InChI is InChI=1S/C20H20ClNO6/c1-10-7-14-12(8-13(10)21)18(28-16(9-17(23)24)20(25)22-14)11-5-4-6-15(26-2)19(11)27-3/h4-8,16,18H,9H2,1-3H3,(H,22,25)(H,23,24)/t16-,18-/m1/s1. The molecule has 0 bridgehead atoms. The van der Waals surface area contributed by atoms with Crippen molar-refractivity contribution >= 4 is 29.2 Å². The first-order chi connectivity index (χ1) is 13.3. The number of methoxy groups -OCH3 is 2. The molecule has 0 aliphatic carbocycles. The summed E-state index contributed by atoms with van der Waals surface area (Å²) in [5, 5.41) is 12.4. The number of anilines is 1. The van der Waals surface area contributed by atoms with Crippen molar-refractivity contribution in [1.29, 1.82) is 0 Å². The highest BCUT2D eigenvalue weighted by Crippen LogP contribution is 2.44. The maximum absolute atomic E-state index is 12.6. The van der Waals surface area contributed by atoms with Crippen molar-refractivity contribution in [1.82, 2.24) is 0 Å². The predicted octanol–water partition coefficient (Wildman–Crippen LogP) is 3.57. The van der Waals surface area contributed by atoms with E-state index in [0.29, 0.717) is 33.3 Å². The molecule has 0 aromatic heterocycles. The second-order valence-corrected chi connectivity index (χ2v) is 6.77. The Morgan fingerprint density at radius 2 is 2.00 bits per heavy atom. The first-order valence-electron chi connectivity index (χ1n) is 8.54. The second-order valence-electron chi connectivity index (χ2n) is 6.36. The zero-order chi connectivity index (χ0) is 20.4. The molecule has 0 spiro atoms. The molecule has 148 valence electrons. The lowest BCUT2D eigenvalue weighted by Gasteiger charge is -2.24. The van der Waals surface area contributed by atoms with Gasteiger partial charge in [-0.05, 0) is 30.7 Å². The molecule has 2 aromatic carbocycles. The lowest BCUT2D eigenvalue weighted by Crippen LogP contribution is -2.31. The number of carboxylic acids is 1. The number of hydrogen-bond acceptors (Lipinski definition) is 5. The molecule has 0 radical (unpaired) electrons. The molecule has 8 heteroatoms. The van der Waals surface area contributed by atoms with Crippen molar-refractivity contribution in [3.8, 4) is 11.5 Å². The molecular weight excluding hydrogens is 386 g/mol. The van der Waals surface area contributed by atoms with Crippen LogP contribution in [0.5, 0.6) is 11.5 Å². The van der Waals surface area contributed by atoms with E-state index in [9.17, 15) is 14.7 Å².